The Balaban J connectivity index is 2.65. The summed E-state index contributed by atoms with van der Waals surface area (Å²) in [5.41, 5.74) is 2.55. The summed E-state index contributed by atoms with van der Waals surface area (Å²) in [5, 5.41) is 0. The molecule has 0 aliphatic heterocycles. The maximum Gasteiger partial charge on any atom is 0.134 e. The third-order valence-electron chi connectivity index (χ3n) is 1.90. The molecule has 0 aliphatic rings. The van der Waals surface area contributed by atoms with Gasteiger partial charge in [0.2, 0.25) is 0 Å². The van der Waals surface area contributed by atoms with Crippen LogP contribution in [0.15, 0.2) is 23.1 Å². The number of benzene rings is 1. The summed E-state index contributed by atoms with van der Waals surface area (Å²) in [6, 6.07) is 6.15. The third kappa shape index (κ3) is 2.86. The number of nitrogens with one attached hydrogen (secondary N) is 1. The summed E-state index contributed by atoms with van der Waals surface area (Å²) in [7, 11) is 0. The van der Waals surface area contributed by atoms with Gasteiger partial charge in [0, 0.05) is 4.90 Å². The van der Waals surface area contributed by atoms with Gasteiger partial charge in [-0.1, -0.05) is 12.1 Å². The first-order chi connectivity index (χ1) is 6.25. The normalized spacial score (nSPS) is 10.0. The molecule has 0 bridgehead atoms. The second-order valence-electron chi connectivity index (χ2n) is 2.82. The first-order valence-electron chi connectivity index (χ1n) is 4.15. The lowest BCUT2D eigenvalue weighted by Gasteiger charge is -2.06. The number of hydrogen-bond donors (Lipinski definition) is 1. The third-order valence-corrected chi connectivity index (χ3v) is 2.88. The fourth-order valence-electron chi connectivity index (χ4n) is 0.988. The highest BCUT2D eigenvalue weighted by Crippen LogP contribution is 2.21. The van der Waals surface area contributed by atoms with Gasteiger partial charge in [0.05, 0.1) is 6.54 Å². The van der Waals surface area contributed by atoms with E-state index in [9.17, 15) is 4.79 Å². The molecule has 3 heteroatoms. The first-order valence-corrected chi connectivity index (χ1v) is 4.97. The molecule has 1 N–H and O–H groups in total. The van der Waals surface area contributed by atoms with Gasteiger partial charge in [-0.05, 0) is 43.0 Å². The van der Waals surface area contributed by atoms with Gasteiger partial charge < -0.3 is 4.79 Å². The van der Waals surface area contributed by atoms with E-state index >= 15 is 0 Å². The van der Waals surface area contributed by atoms with Gasteiger partial charge in [0.25, 0.3) is 0 Å². The van der Waals surface area contributed by atoms with Crippen LogP contribution in [0.3, 0.4) is 0 Å². The van der Waals surface area contributed by atoms with Crippen LogP contribution in [0.5, 0.6) is 0 Å². The Morgan fingerprint density at radius 3 is 2.92 bits per heavy atom. The molecule has 70 valence electrons. The lowest BCUT2D eigenvalue weighted by atomic mass is 10.1. The molecule has 0 heterocycles. The van der Waals surface area contributed by atoms with Gasteiger partial charge in [0.15, 0.2) is 0 Å². The largest absolute Gasteiger partial charge is 0.302 e. The van der Waals surface area contributed by atoms with Crippen LogP contribution in [-0.4, -0.2) is 12.8 Å². The Morgan fingerprint density at radius 1 is 1.46 bits per heavy atom. The van der Waals surface area contributed by atoms with E-state index in [-0.39, 0.29) is 0 Å². The molecule has 0 aliphatic carbocycles. The summed E-state index contributed by atoms with van der Waals surface area (Å²) in [6.07, 6.45) is 0.859. The van der Waals surface area contributed by atoms with Gasteiger partial charge in [-0.3, -0.25) is 4.72 Å². The molecular formula is C10H13NOS. The van der Waals surface area contributed by atoms with Crippen molar-refractivity contribution >= 4 is 18.2 Å². The van der Waals surface area contributed by atoms with Crippen molar-refractivity contribution in [3.63, 3.8) is 0 Å². The van der Waals surface area contributed by atoms with Crippen LogP contribution < -0.4 is 4.72 Å². The zero-order chi connectivity index (χ0) is 9.68. The van der Waals surface area contributed by atoms with Gasteiger partial charge in [0.1, 0.15) is 6.29 Å². The number of aldehydes is 1. The highest BCUT2D eigenvalue weighted by Gasteiger charge is 1.99. The van der Waals surface area contributed by atoms with Crippen molar-refractivity contribution < 1.29 is 4.79 Å². The number of carbonyl (C=O) groups excluding carboxylic acids is 1. The second kappa shape index (κ2) is 5.04. The average Bonchev–Trinajstić information content (AvgIpc) is 2.13. The average molecular weight is 195 g/mol. The maximum absolute atomic E-state index is 10.1. The molecule has 0 unspecified atom stereocenters. The van der Waals surface area contributed by atoms with E-state index in [2.05, 4.69) is 24.6 Å². The molecule has 0 fully saturated rings. The van der Waals surface area contributed by atoms with E-state index in [0.29, 0.717) is 6.54 Å². The second-order valence-corrected chi connectivity index (χ2v) is 3.75. The number of hydrogen-bond acceptors (Lipinski definition) is 3. The molecule has 0 atom stereocenters. The summed E-state index contributed by atoms with van der Waals surface area (Å²) < 4.78 is 2.97. The Labute approximate surface area is 82.9 Å². The summed E-state index contributed by atoms with van der Waals surface area (Å²) >= 11 is 1.50. The Kier molecular flexibility index (Phi) is 3.99. The van der Waals surface area contributed by atoms with Crippen LogP contribution in [0, 0.1) is 13.8 Å². The van der Waals surface area contributed by atoms with Crippen LogP contribution in [-0.2, 0) is 4.79 Å². The van der Waals surface area contributed by atoms with Gasteiger partial charge in [-0.25, -0.2) is 0 Å². The minimum absolute atomic E-state index is 0.387. The Hall–Kier alpha value is -0.800. The first kappa shape index (κ1) is 10.3. The zero-order valence-corrected chi connectivity index (χ0v) is 8.65. The van der Waals surface area contributed by atoms with E-state index in [1.165, 1.54) is 28.0 Å². The van der Waals surface area contributed by atoms with E-state index in [4.69, 9.17) is 0 Å². The van der Waals surface area contributed by atoms with Crippen molar-refractivity contribution in [3.8, 4) is 0 Å². The van der Waals surface area contributed by atoms with Crippen molar-refractivity contribution in [2.24, 2.45) is 0 Å². The van der Waals surface area contributed by atoms with E-state index < -0.39 is 0 Å². The number of rotatable bonds is 4. The number of aryl methyl sites for hydroxylation is 1. The smallest absolute Gasteiger partial charge is 0.134 e. The molecule has 0 saturated carbocycles. The topological polar surface area (TPSA) is 29.1 Å². The fourth-order valence-corrected chi connectivity index (χ4v) is 1.76. The van der Waals surface area contributed by atoms with Crippen LogP contribution in [0.4, 0.5) is 0 Å². The van der Waals surface area contributed by atoms with Crippen LogP contribution >= 0.6 is 11.9 Å². The monoisotopic (exact) mass is 195 g/mol. The molecular weight excluding hydrogens is 182 g/mol. The van der Waals surface area contributed by atoms with E-state index in [1.807, 2.05) is 12.1 Å². The highest BCUT2D eigenvalue weighted by molar-refractivity contribution is 7.97. The van der Waals surface area contributed by atoms with Gasteiger partial charge in [-0.2, -0.15) is 0 Å². The van der Waals surface area contributed by atoms with Crippen LogP contribution in [0.2, 0.25) is 0 Å². The minimum Gasteiger partial charge on any atom is -0.302 e. The molecule has 1 aromatic carbocycles. The standard InChI is InChI=1S/C10H13NOS/c1-8-4-3-5-10(9(8)2)13-11-6-7-12/h3-5,7,11H,6H2,1-2H3. The Bertz CT molecular complexity index is 299. The van der Waals surface area contributed by atoms with Gasteiger partial charge in [-0.15, -0.1) is 0 Å². The molecule has 0 saturated heterocycles. The van der Waals surface area contributed by atoms with E-state index in [0.717, 1.165) is 6.29 Å². The molecule has 0 aromatic heterocycles. The van der Waals surface area contributed by atoms with Crippen LogP contribution in [0.25, 0.3) is 0 Å². The quantitative estimate of drug-likeness (QED) is 0.453. The predicted octanol–water partition coefficient (Wildman–Crippen LogP) is 2.10. The maximum atomic E-state index is 10.1. The van der Waals surface area contributed by atoms with Crippen molar-refractivity contribution in [1.29, 1.82) is 0 Å². The summed E-state index contributed by atoms with van der Waals surface area (Å²) in [4.78, 5) is 11.3. The SMILES string of the molecule is Cc1cccc(SNCC=O)c1C. The molecule has 0 spiro atoms. The molecule has 0 amide bonds. The predicted molar refractivity (Wildman–Crippen MR) is 55.8 cm³/mol. The Morgan fingerprint density at radius 2 is 2.23 bits per heavy atom. The molecule has 2 nitrogen and oxygen atoms in total. The molecule has 1 rings (SSSR count). The highest BCUT2D eigenvalue weighted by atomic mass is 32.2. The summed E-state index contributed by atoms with van der Waals surface area (Å²) in [6.45, 7) is 4.55. The molecule has 1 aromatic rings. The summed E-state index contributed by atoms with van der Waals surface area (Å²) in [5.74, 6) is 0. The van der Waals surface area contributed by atoms with Crippen molar-refractivity contribution in [1.82, 2.24) is 4.72 Å². The fraction of sp³-hybridized carbons (Fsp3) is 0.300. The number of carbonyl (C=O) groups is 1. The van der Waals surface area contributed by atoms with Crippen molar-refractivity contribution in [2.75, 3.05) is 6.54 Å². The van der Waals surface area contributed by atoms with E-state index in [1.54, 1.807) is 0 Å². The van der Waals surface area contributed by atoms with Crippen molar-refractivity contribution in [3.05, 3.63) is 29.3 Å². The zero-order valence-electron chi connectivity index (χ0n) is 7.83. The lowest BCUT2D eigenvalue weighted by Crippen LogP contribution is -2.06. The van der Waals surface area contributed by atoms with Gasteiger partial charge >= 0.3 is 0 Å². The molecule has 0 radical (unpaired) electrons. The van der Waals surface area contributed by atoms with Crippen LogP contribution in [0.1, 0.15) is 11.1 Å². The lowest BCUT2D eigenvalue weighted by molar-refractivity contribution is -0.106. The minimum atomic E-state index is 0.387. The molecule has 13 heavy (non-hydrogen) atoms. The van der Waals surface area contributed by atoms with Crippen molar-refractivity contribution in [2.45, 2.75) is 18.7 Å².